The van der Waals surface area contributed by atoms with Gasteiger partial charge < -0.3 is 16.2 Å². The van der Waals surface area contributed by atoms with E-state index >= 15 is 0 Å². The van der Waals surface area contributed by atoms with Crippen molar-refractivity contribution in [3.8, 4) is 0 Å². The highest BCUT2D eigenvalue weighted by Gasteiger charge is 2.21. The van der Waals surface area contributed by atoms with E-state index in [-0.39, 0.29) is 16.5 Å². The van der Waals surface area contributed by atoms with Crippen LogP contribution in [0.2, 0.25) is 0 Å². The number of aliphatic hydroxyl groups excluding tert-OH is 1. The number of nitrogen functional groups attached to an aromatic ring is 1. The van der Waals surface area contributed by atoms with Crippen LogP contribution in [0.4, 0.5) is 11.4 Å². The summed E-state index contributed by atoms with van der Waals surface area (Å²) < 4.78 is 25.4. The lowest BCUT2D eigenvalue weighted by atomic mass is 10.1. The van der Waals surface area contributed by atoms with Crippen LogP contribution >= 0.6 is 0 Å². The van der Waals surface area contributed by atoms with Crippen LogP contribution in [0.3, 0.4) is 0 Å². The van der Waals surface area contributed by atoms with E-state index in [0.717, 1.165) is 4.31 Å². The molecule has 1 aromatic carbocycles. The van der Waals surface area contributed by atoms with Gasteiger partial charge in [-0.1, -0.05) is 19.9 Å². The predicted octanol–water partition coefficient (Wildman–Crippen LogP) is 0.948. The minimum absolute atomic E-state index is 0.0616. The summed E-state index contributed by atoms with van der Waals surface area (Å²) in [5, 5.41) is 12.8. The molecule has 6 nitrogen and oxygen atoms in total. The molecule has 0 heterocycles. The maximum absolute atomic E-state index is 12.1. The van der Waals surface area contributed by atoms with Gasteiger partial charge >= 0.3 is 0 Å². The molecule has 0 aliphatic carbocycles. The fourth-order valence-electron chi connectivity index (χ4n) is 1.57. The largest absolute Gasteiger partial charge is 0.396 e. The Balaban J connectivity index is 3.03. The van der Waals surface area contributed by atoms with Crippen molar-refractivity contribution in [1.29, 1.82) is 0 Å². The lowest BCUT2D eigenvalue weighted by Gasteiger charge is -2.19. The molecule has 1 rings (SSSR count). The molecule has 0 saturated carbocycles. The first-order valence-corrected chi connectivity index (χ1v) is 7.85. The summed E-state index contributed by atoms with van der Waals surface area (Å²) in [5.41, 5.74) is 6.59. The molecule has 1 atom stereocenters. The molecule has 0 fully saturated rings. The summed E-state index contributed by atoms with van der Waals surface area (Å²) in [6, 6.07) is 4.78. The maximum atomic E-state index is 12.1. The second-order valence-corrected chi connectivity index (χ2v) is 7.32. The number of anilines is 2. The maximum Gasteiger partial charge on any atom is 0.244 e. The van der Waals surface area contributed by atoms with Gasteiger partial charge in [0.05, 0.1) is 17.5 Å². The smallest absolute Gasteiger partial charge is 0.244 e. The Morgan fingerprint density at radius 3 is 2.45 bits per heavy atom. The van der Waals surface area contributed by atoms with E-state index in [1.54, 1.807) is 12.1 Å². The van der Waals surface area contributed by atoms with Gasteiger partial charge in [0.15, 0.2) is 0 Å². The fraction of sp³-hybridized carbons (Fsp3) is 0.538. The van der Waals surface area contributed by atoms with Gasteiger partial charge in [-0.2, -0.15) is 0 Å². The summed E-state index contributed by atoms with van der Waals surface area (Å²) in [6.45, 7) is 4.12. The van der Waals surface area contributed by atoms with Crippen molar-refractivity contribution in [2.75, 3.05) is 31.7 Å². The van der Waals surface area contributed by atoms with Crippen LogP contribution < -0.4 is 11.1 Å². The van der Waals surface area contributed by atoms with Crippen molar-refractivity contribution in [2.24, 2.45) is 5.92 Å². The average molecular weight is 301 g/mol. The molecule has 0 aromatic heterocycles. The number of rotatable bonds is 6. The minimum atomic E-state index is -3.58. The second kappa shape index (κ2) is 6.43. The van der Waals surface area contributed by atoms with E-state index in [1.165, 1.54) is 20.2 Å². The van der Waals surface area contributed by atoms with Gasteiger partial charge in [0.25, 0.3) is 0 Å². The molecule has 0 aliphatic heterocycles. The highest BCUT2D eigenvalue weighted by molar-refractivity contribution is 7.89. The Labute approximate surface area is 120 Å². The molecule has 20 heavy (non-hydrogen) atoms. The first-order chi connectivity index (χ1) is 9.17. The Bertz CT molecular complexity index is 556. The average Bonchev–Trinajstić information content (AvgIpc) is 2.36. The summed E-state index contributed by atoms with van der Waals surface area (Å²) in [7, 11) is -0.668. The summed E-state index contributed by atoms with van der Waals surface area (Å²) in [5.74, 6) is 0.109. The number of nitrogens with zero attached hydrogens (tertiary/aromatic N) is 1. The highest BCUT2D eigenvalue weighted by Crippen LogP contribution is 2.28. The Morgan fingerprint density at radius 2 is 1.95 bits per heavy atom. The zero-order chi connectivity index (χ0) is 15.5. The zero-order valence-electron chi connectivity index (χ0n) is 12.3. The lowest BCUT2D eigenvalue weighted by Crippen LogP contribution is -2.26. The summed E-state index contributed by atoms with van der Waals surface area (Å²) in [6.07, 6.45) is -0.525. The van der Waals surface area contributed by atoms with Gasteiger partial charge in [-0.3, -0.25) is 0 Å². The molecular formula is C13H23N3O3S. The van der Waals surface area contributed by atoms with E-state index in [0.29, 0.717) is 12.2 Å². The van der Waals surface area contributed by atoms with Gasteiger partial charge in [-0.15, -0.1) is 0 Å². The van der Waals surface area contributed by atoms with Crippen molar-refractivity contribution < 1.29 is 13.5 Å². The van der Waals surface area contributed by atoms with Gasteiger partial charge in [-0.05, 0) is 18.1 Å². The summed E-state index contributed by atoms with van der Waals surface area (Å²) in [4.78, 5) is 0.0616. The van der Waals surface area contributed by atoms with E-state index in [9.17, 15) is 13.5 Å². The SMILES string of the molecule is CC(C)C(O)CNc1cccc(S(=O)(=O)N(C)C)c1N. The normalized spacial score (nSPS) is 13.8. The van der Waals surface area contributed by atoms with E-state index in [1.807, 2.05) is 13.8 Å². The van der Waals surface area contributed by atoms with Crippen molar-refractivity contribution in [3.63, 3.8) is 0 Å². The third kappa shape index (κ3) is 3.62. The molecule has 0 radical (unpaired) electrons. The lowest BCUT2D eigenvalue weighted by molar-refractivity contribution is 0.138. The standard InChI is InChI=1S/C13H23N3O3S/c1-9(2)11(17)8-15-10-6-5-7-12(13(10)14)20(18,19)16(3)4/h5-7,9,11,15,17H,8,14H2,1-4H3. The fourth-order valence-corrected chi connectivity index (χ4v) is 2.60. The Hall–Kier alpha value is -1.31. The molecule has 0 bridgehead atoms. The van der Waals surface area contributed by atoms with Gasteiger partial charge in [0.2, 0.25) is 10.0 Å². The number of hydrogen-bond acceptors (Lipinski definition) is 5. The highest BCUT2D eigenvalue weighted by atomic mass is 32.2. The number of sulfonamides is 1. The van der Waals surface area contributed by atoms with Crippen molar-refractivity contribution in [1.82, 2.24) is 4.31 Å². The topological polar surface area (TPSA) is 95.7 Å². The molecule has 0 aliphatic rings. The van der Waals surface area contributed by atoms with Gasteiger partial charge in [-0.25, -0.2) is 12.7 Å². The Kier molecular flexibility index (Phi) is 5.38. The van der Waals surface area contributed by atoms with Crippen LogP contribution in [0.5, 0.6) is 0 Å². The molecule has 7 heteroatoms. The number of nitrogens with one attached hydrogen (secondary N) is 1. The van der Waals surface area contributed by atoms with Crippen LogP contribution in [0.25, 0.3) is 0 Å². The van der Waals surface area contributed by atoms with Crippen LogP contribution in [-0.2, 0) is 10.0 Å². The van der Waals surface area contributed by atoms with Crippen molar-refractivity contribution in [2.45, 2.75) is 24.8 Å². The molecule has 0 saturated heterocycles. The number of hydrogen-bond donors (Lipinski definition) is 3. The van der Waals surface area contributed by atoms with Gasteiger partial charge in [0, 0.05) is 20.6 Å². The molecule has 114 valence electrons. The van der Waals surface area contributed by atoms with Crippen LogP contribution in [0.15, 0.2) is 23.1 Å². The summed E-state index contributed by atoms with van der Waals surface area (Å²) >= 11 is 0. The molecule has 0 spiro atoms. The second-order valence-electron chi connectivity index (χ2n) is 5.20. The molecule has 4 N–H and O–H groups in total. The van der Waals surface area contributed by atoms with Crippen LogP contribution in [-0.4, -0.2) is 44.6 Å². The minimum Gasteiger partial charge on any atom is -0.396 e. The monoisotopic (exact) mass is 301 g/mol. The molecular weight excluding hydrogens is 278 g/mol. The quantitative estimate of drug-likeness (QED) is 0.680. The zero-order valence-corrected chi connectivity index (χ0v) is 13.1. The van der Waals surface area contributed by atoms with Crippen LogP contribution in [0.1, 0.15) is 13.8 Å². The van der Waals surface area contributed by atoms with Crippen molar-refractivity contribution >= 4 is 21.4 Å². The Morgan fingerprint density at radius 1 is 1.35 bits per heavy atom. The first-order valence-electron chi connectivity index (χ1n) is 6.41. The van der Waals surface area contributed by atoms with E-state index in [2.05, 4.69) is 5.32 Å². The predicted molar refractivity (Wildman–Crippen MR) is 81.1 cm³/mol. The third-order valence-electron chi connectivity index (χ3n) is 3.10. The van der Waals surface area contributed by atoms with Gasteiger partial charge in [0.1, 0.15) is 4.90 Å². The molecule has 1 unspecified atom stereocenters. The number of aliphatic hydroxyl groups is 1. The first kappa shape index (κ1) is 16.7. The van der Waals surface area contributed by atoms with Crippen molar-refractivity contribution in [3.05, 3.63) is 18.2 Å². The number of nitrogens with two attached hydrogens (primary N) is 1. The number of benzene rings is 1. The third-order valence-corrected chi connectivity index (χ3v) is 4.97. The van der Waals surface area contributed by atoms with Crippen LogP contribution in [0, 0.1) is 5.92 Å². The number of para-hydroxylation sites is 1. The van der Waals surface area contributed by atoms with E-state index < -0.39 is 16.1 Å². The molecule has 1 aromatic rings. The van der Waals surface area contributed by atoms with E-state index in [4.69, 9.17) is 5.73 Å². The molecule has 0 amide bonds.